The lowest BCUT2D eigenvalue weighted by Crippen LogP contribution is -2.45. The molecule has 0 spiro atoms. The number of halogens is 3. The van der Waals surface area contributed by atoms with E-state index in [2.05, 4.69) is 15.2 Å². The fraction of sp³-hybridized carbons (Fsp3) is 0.450. The van der Waals surface area contributed by atoms with Gasteiger partial charge in [0, 0.05) is 37.1 Å². The second-order valence-corrected chi connectivity index (χ2v) is 7.96. The third-order valence-corrected chi connectivity index (χ3v) is 5.59. The molecule has 7 nitrogen and oxygen atoms in total. The predicted octanol–water partition coefficient (Wildman–Crippen LogP) is 2.88. The Balaban J connectivity index is 1.73. The molecule has 1 fully saturated rings. The Morgan fingerprint density at radius 3 is 2.68 bits per heavy atom. The van der Waals surface area contributed by atoms with E-state index in [-0.39, 0.29) is 18.7 Å². The zero-order valence-corrected chi connectivity index (χ0v) is 17.8. The van der Waals surface area contributed by atoms with E-state index < -0.39 is 23.6 Å². The highest BCUT2D eigenvalue weighted by Gasteiger charge is 2.31. The largest absolute Gasteiger partial charge is 0.416 e. The van der Waals surface area contributed by atoms with Gasteiger partial charge < -0.3 is 15.0 Å². The highest BCUT2D eigenvalue weighted by atomic mass is 32.1. The van der Waals surface area contributed by atoms with Gasteiger partial charge >= 0.3 is 6.18 Å². The molecule has 0 bridgehead atoms. The van der Waals surface area contributed by atoms with E-state index in [9.17, 15) is 22.8 Å². The fourth-order valence-corrected chi connectivity index (χ4v) is 3.80. The Morgan fingerprint density at radius 2 is 2.03 bits per heavy atom. The number of amides is 2. The molecule has 1 saturated heterocycles. The van der Waals surface area contributed by atoms with Crippen LogP contribution >= 0.6 is 11.3 Å². The van der Waals surface area contributed by atoms with E-state index in [1.165, 1.54) is 28.4 Å². The van der Waals surface area contributed by atoms with E-state index >= 15 is 0 Å². The van der Waals surface area contributed by atoms with Crippen LogP contribution in [-0.2, 0) is 15.7 Å². The highest BCUT2D eigenvalue weighted by molar-refractivity contribution is 7.13. The number of anilines is 1. The second-order valence-electron chi connectivity index (χ2n) is 7.10. The summed E-state index contributed by atoms with van der Waals surface area (Å²) in [5, 5.41) is 4.82. The first-order chi connectivity index (χ1) is 14.7. The molecule has 168 valence electrons. The molecule has 0 atom stereocenters. The van der Waals surface area contributed by atoms with Crippen LogP contribution in [-0.4, -0.2) is 72.5 Å². The highest BCUT2D eigenvalue weighted by Crippen LogP contribution is 2.29. The molecule has 2 aromatic rings. The van der Waals surface area contributed by atoms with Crippen molar-refractivity contribution in [2.45, 2.75) is 13.1 Å². The smallest absolute Gasteiger partial charge is 0.379 e. The second kappa shape index (κ2) is 10.2. The maximum atomic E-state index is 13.1. The van der Waals surface area contributed by atoms with Crippen LogP contribution < -0.4 is 5.32 Å². The number of thiazole rings is 1. The number of carbonyl (C=O) groups excluding carboxylic acids is 2. The van der Waals surface area contributed by atoms with Crippen molar-refractivity contribution in [1.82, 2.24) is 14.8 Å². The number of hydrogen-bond acceptors (Lipinski definition) is 6. The van der Waals surface area contributed by atoms with Gasteiger partial charge in [-0.05, 0) is 25.1 Å². The number of ether oxygens (including phenoxy) is 1. The Bertz CT molecular complexity index is 913. The number of aromatic nitrogens is 1. The Labute approximate surface area is 181 Å². The molecule has 1 aromatic heterocycles. The number of benzene rings is 1. The van der Waals surface area contributed by atoms with Crippen LogP contribution in [0.4, 0.5) is 18.3 Å². The van der Waals surface area contributed by atoms with Gasteiger partial charge in [0.2, 0.25) is 5.91 Å². The van der Waals surface area contributed by atoms with Crippen molar-refractivity contribution in [3.63, 3.8) is 0 Å². The molecule has 0 saturated carbocycles. The number of carbonyl (C=O) groups is 2. The van der Waals surface area contributed by atoms with Crippen molar-refractivity contribution in [2.24, 2.45) is 0 Å². The van der Waals surface area contributed by atoms with E-state index in [0.717, 1.165) is 17.8 Å². The topological polar surface area (TPSA) is 74.8 Å². The molecule has 1 aliphatic heterocycles. The Kier molecular flexibility index (Phi) is 7.63. The van der Waals surface area contributed by atoms with Gasteiger partial charge in [0.15, 0.2) is 5.13 Å². The zero-order chi connectivity index (χ0) is 22.4. The third kappa shape index (κ3) is 6.74. The summed E-state index contributed by atoms with van der Waals surface area (Å²) in [7, 11) is 0. The normalized spacial score (nSPS) is 15.0. The summed E-state index contributed by atoms with van der Waals surface area (Å²) in [4.78, 5) is 33.0. The van der Waals surface area contributed by atoms with E-state index in [1.807, 2.05) is 0 Å². The quantitative estimate of drug-likeness (QED) is 0.694. The molecule has 1 aromatic carbocycles. The van der Waals surface area contributed by atoms with Crippen LogP contribution in [0, 0.1) is 6.92 Å². The maximum Gasteiger partial charge on any atom is 0.416 e. The molecule has 31 heavy (non-hydrogen) atoms. The summed E-state index contributed by atoms with van der Waals surface area (Å²) in [6.07, 6.45) is -4.56. The summed E-state index contributed by atoms with van der Waals surface area (Å²) in [6, 6.07) is 4.23. The SMILES string of the molecule is Cc1csc(NC(=O)CN(CCN2CCOCC2)C(=O)c2cccc(C(F)(F)F)c2)n1. The van der Waals surface area contributed by atoms with Gasteiger partial charge in [-0.25, -0.2) is 4.98 Å². The van der Waals surface area contributed by atoms with Crippen LogP contribution in [0.3, 0.4) is 0 Å². The molecule has 2 heterocycles. The monoisotopic (exact) mass is 456 g/mol. The van der Waals surface area contributed by atoms with Gasteiger partial charge in [0.25, 0.3) is 5.91 Å². The molecule has 1 aliphatic rings. The van der Waals surface area contributed by atoms with Crippen LogP contribution in [0.15, 0.2) is 29.6 Å². The van der Waals surface area contributed by atoms with E-state index in [0.29, 0.717) is 38.0 Å². The first-order valence-electron chi connectivity index (χ1n) is 9.71. The number of nitrogens with one attached hydrogen (secondary N) is 1. The minimum Gasteiger partial charge on any atom is -0.379 e. The summed E-state index contributed by atoms with van der Waals surface area (Å²) in [5.74, 6) is -1.10. The molecular formula is C20H23F3N4O3S. The Hall–Kier alpha value is -2.50. The molecule has 11 heteroatoms. The van der Waals surface area contributed by atoms with E-state index in [1.54, 1.807) is 12.3 Å². The van der Waals surface area contributed by atoms with Gasteiger partial charge in [0.05, 0.1) is 24.5 Å². The van der Waals surface area contributed by atoms with Gasteiger partial charge in [-0.1, -0.05) is 6.07 Å². The van der Waals surface area contributed by atoms with Crippen molar-refractivity contribution < 1.29 is 27.5 Å². The van der Waals surface area contributed by atoms with Gasteiger partial charge in [-0.3, -0.25) is 14.5 Å². The zero-order valence-electron chi connectivity index (χ0n) is 16.9. The third-order valence-electron chi connectivity index (χ3n) is 4.71. The summed E-state index contributed by atoms with van der Waals surface area (Å²) in [5.41, 5.74) is -0.270. The molecule has 0 aliphatic carbocycles. The van der Waals surface area contributed by atoms with Crippen molar-refractivity contribution in [3.8, 4) is 0 Å². The predicted molar refractivity (Wildman–Crippen MR) is 110 cm³/mol. The van der Waals surface area contributed by atoms with Gasteiger partial charge in [-0.15, -0.1) is 11.3 Å². The number of nitrogens with zero attached hydrogens (tertiary/aromatic N) is 3. The fourth-order valence-electron chi connectivity index (χ4n) is 3.09. The van der Waals surface area contributed by atoms with Crippen molar-refractivity contribution in [3.05, 3.63) is 46.5 Å². The summed E-state index contributed by atoms with van der Waals surface area (Å²) >= 11 is 1.26. The number of alkyl halides is 3. The lowest BCUT2D eigenvalue weighted by Gasteiger charge is -2.30. The molecule has 0 radical (unpaired) electrons. The molecule has 3 rings (SSSR count). The lowest BCUT2D eigenvalue weighted by atomic mass is 10.1. The van der Waals surface area contributed by atoms with Crippen LogP contribution in [0.1, 0.15) is 21.6 Å². The first-order valence-corrected chi connectivity index (χ1v) is 10.6. The van der Waals surface area contributed by atoms with Crippen molar-refractivity contribution in [1.29, 1.82) is 0 Å². The number of aryl methyl sites for hydroxylation is 1. The van der Waals surface area contributed by atoms with Crippen molar-refractivity contribution >= 4 is 28.3 Å². The lowest BCUT2D eigenvalue weighted by molar-refractivity contribution is -0.137. The minimum atomic E-state index is -4.56. The Morgan fingerprint density at radius 1 is 1.29 bits per heavy atom. The van der Waals surface area contributed by atoms with Gasteiger partial charge in [0.1, 0.15) is 6.54 Å². The number of rotatable bonds is 7. The minimum absolute atomic E-state index is 0.116. The number of hydrogen-bond donors (Lipinski definition) is 1. The first kappa shape index (κ1) is 23.2. The number of morpholine rings is 1. The molecule has 2 amide bonds. The maximum absolute atomic E-state index is 13.1. The van der Waals surface area contributed by atoms with Crippen LogP contribution in [0.2, 0.25) is 0 Å². The van der Waals surface area contributed by atoms with Crippen LogP contribution in [0.5, 0.6) is 0 Å². The molecular weight excluding hydrogens is 433 g/mol. The van der Waals surface area contributed by atoms with Crippen molar-refractivity contribution in [2.75, 3.05) is 51.3 Å². The summed E-state index contributed by atoms with van der Waals surface area (Å²) in [6.45, 7) is 4.70. The van der Waals surface area contributed by atoms with Gasteiger partial charge in [-0.2, -0.15) is 13.2 Å². The summed E-state index contributed by atoms with van der Waals surface area (Å²) < 4.78 is 44.5. The standard InChI is InChI=1S/C20H23F3N4O3S/c1-14-13-31-19(24-14)25-17(28)12-27(6-5-26-7-9-30-10-8-26)18(29)15-3-2-4-16(11-15)20(21,22)23/h2-4,11,13H,5-10,12H2,1H3,(H,24,25,28). The molecule has 0 unspecified atom stereocenters. The average molecular weight is 456 g/mol. The average Bonchev–Trinajstić information content (AvgIpc) is 3.15. The van der Waals surface area contributed by atoms with E-state index in [4.69, 9.17) is 4.74 Å². The molecule has 1 N–H and O–H groups in total. The van der Waals surface area contributed by atoms with Crippen LogP contribution in [0.25, 0.3) is 0 Å².